The summed E-state index contributed by atoms with van der Waals surface area (Å²) in [6.45, 7) is 4.58. The molecule has 0 aliphatic heterocycles. The van der Waals surface area contributed by atoms with Crippen LogP contribution in [-0.4, -0.2) is 19.7 Å². The van der Waals surface area contributed by atoms with E-state index >= 15 is 0 Å². The highest BCUT2D eigenvalue weighted by Gasteiger charge is 2.04. The van der Waals surface area contributed by atoms with Gasteiger partial charge in [0.05, 0.1) is 18.6 Å². The predicted octanol–water partition coefficient (Wildman–Crippen LogP) is 1.59. The van der Waals surface area contributed by atoms with E-state index in [0.29, 0.717) is 12.4 Å². The lowest BCUT2D eigenvalue weighted by atomic mass is 10.4. The van der Waals surface area contributed by atoms with Gasteiger partial charge in [0, 0.05) is 5.69 Å². The molecule has 1 N–H and O–H groups in total. The first kappa shape index (κ1) is 9.14. The van der Waals surface area contributed by atoms with E-state index in [9.17, 15) is 0 Å². The number of rotatable bonds is 2. The van der Waals surface area contributed by atoms with Crippen molar-refractivity contribution in [3.8, 4) is 0 Å². The number of nitrogens with zero attached hydrogens (tertiary/aromatic N) is 3. The Labute approximate surface area is 85.8 Å². The second-order valence-corrected chi connectivity index (χ2v) is 3.42. The molecule has 14 heavy (non-hydrogen) atoms. The summed E-state index contributed by atoms with van der Waals surface area (Å²) in [6, 6.07) is 0. The molecule has 2 rings (SSSR count). The van der Waals surface area contributed by atoms with Gasteiger partial charge in [0.1, 0.15) is 0 Å². The van der Waals surface area contributed by atoms with Crippen molar-refractivity contribution in [3.63, 3.8) is 0 Å². The number of H-pyrrole nitrogens is 1. The summed E-state index contributed by atoms with van der Waals surface area (Å²) in [4.78, 5) is 8.42. The van der Waals surface area contributed by atoms with Crippen LogP contribution in [0.3, 0.4) is 0 Å². The minimum atomic E-state index is 0.231. The van der Waals surface area contributed by atoms with Crippen molar-refractivity contribution in [2.24, 2.45) is 0 Å². The van der Waals surface area contributed by atoms with E-state index in [4.69, 9.17) is 16.7 Å². The first-order valence-electron chi connectivity index (χ1n) is 4.19. The van der Waals surface area contributed by atoms with Crippen LogP contribution in [0.2, 0.25) is 0 Å². The van der Waals surface area contributed by atoms with Gasteiger partial charge in [-0.2, -0.15) is 4.98 Å². The fourth-order valence-corrected chi connectivity index (χ4v) is 1.34. The highest BCUT2D eigenvalue weighted by atomic mass is 32.1. The molecule has 0 aliphatic rings. The molecule has 0 fully saturated rings. The van der Waals surface area contributed by atoms with Gasteiger partial charge >= 0.3 is 4.84 Å². The van der Waals surface area contributed by atoms with E-state index in [1.54, 1.807) is 6.33 Å². The van der Waals surface area contributed by atoms with Gasteiger partial charge in [-0.25, -0.2) is 10.1 Å². The van der Waals surface area contributed by atoms with Gasteiger partial charge in [-0.1, -0.05) is 0 Å². The van der Waals surface area contributed by atoms with Crippen molar-refractivity contribution in [2.45, 2.75) is 20.4 Å². The Morgan fingerprint density at radius 2 is 2.36 bits per heavy atom. The summed E-state index contributed by atoms with van der Waals surface area (Å²) in [5, 5.41) is 2.65. The third kappa shape index (κ3) is 1.60. The van der Waals surface area contributed by atoms with E-state index in [-0.39, 0.29) is 4.84 Å². The number of aromatic nitrogens is 4. The monoisotopic (exact) mass is 210 g/mol. The molecule has 0 amide bonds. The van der Waals surface area contributed by atoms with Crippen molar-refractivity contribution >= 4 is 12.2 Å². The zero-order chi connectivity index (χ0) is 10.1. The number of aryl methyl sites for hydroxylation is 1. The number of aromatic amines is 1. The average Bonchev–Trinajstić information content (AvgIpc) is 2.67. The smallest absolute Gasteiger partial charge is 0.314 e. The summed E-state index contributed by atoms with van der Waals surface area (Å²) in [5.74, 6) is 0.704. The highest BCUT2D eigenvalue weighted by molar-refractivity contribution is 7.71. The van der Waals surface area contributed by atoms with Crippen LogP contribution in [0.25, 0.3) is 0 Å². The fourth-order valence-electron chi connectivity index (χ4n) is 1.19. The zero-order valence-corrected chi connectivity index (χ0v) is 8.76. The van der Waals surface area contributed by atoms with Gasteiger partial charge in [-0.05, 0) is 26.1 Å². The molecular formula is C8H10N4OS. The summed E-state index contributed by atoms with van der Waals surface area (Å²) >= 11 is 4.75. The van der Waals surface area contributed by atoms with Gasteiger partial charge in [-0.15, -0.1) is 0 Å². The number of hydrogen-bond donors (Lipinski definition) is 1. The molecule has 2 aromatic rings. The topological polar surface area (TPSA) is 59.6 Å². The molecule has 5 nitrogen and oxygen atoms in total. The molecule has 0 radical (unpaired) electrons. The number of imidazole rings is 1. The Hall–Kier alpha value is -1.43. The second-order valence-electron chi connectivity index (χ2n) is 3.07. The molecule has 0 aliphatic carbocycles. The van der Waals surface area contributed by atoms with Crippen LogP contribution in [-0.2, 0) is 6.54 Å². The van der Waals surface area contributed by atoms with Gasteiger partial charge in [0.25, 0.3) is 0 Å². The Bertz CT molecular complexity index is 495. The first-order valence-corrected chi connectivity index (χ1v) is 4.60. The van der Waals surface area contributed by atoms with Crippen LogP contribution in [0, 0.1) is 18.7 Å². The van der Waals surface area contributed by atoms with Crippen molar-refractivity contribution in [3.05, 3.63) is 28.4 Å². The standard InChI is InChI=1S/C8H10N4OS/c1-5-6(2)12(4-9-5)3-7-10-8(14)13-11-7/h4H,3H2,1-2H3,(H,10,11,14). The zero-order valence-electron chi connectivity index (χ0n) is 7.94. The van der Waals surface area contributed by atoms with Crippen molar-refractivity contribution in [1.29, 1.82) is 0 Å². The van der Waals surface area contributed by atoms with Crippen LogP contribution >= 0.6 is 12.2 Å². The molecule has 0 atom stereocenters. The Morgan fingerprint density at radius 1 is 1.57 bits per heavy atom. The van der Waals surface area contributed by atoms with Gasteiger partial charge in [0.2, 0.25) is 0 Å². The molecule has 2 aromatic heterocycles. The normalized spacial score (nSPS) is 10.7. The highest BCUT2D eigenvalue weighted by Crippen LogP contribution is 2.06. The lowest BCUT2D eigenvalue weighted by Gasteiger charge is -2.00. The molecule has 0 saturated heterocycles. The third-order valence-electron chi connectivity index (χ3n) is 2.15. The van der Waals surface area contributed by atoms with Crippen LogP contribution in [0.15, 0.2) is 10.9 Å². The van der Waals surface area contributed by atoms with Crippen LogP contribution in [0.1, 0.15) is 17.2 Å². The van der Waals surface area contributed by atoms with E-state index in [0.717, 1.165) is 11.4 Å². The lowest BCUT2D eigenvalue weighted by Crippen LogP contribution is -2.02. The molecule has 0 unspecified atom stereocenters. The Kier molecular flexibility index (Phi) is 2.20. The molecule has 0 bridgehead atoms. The second kappa shape index (κ2) is 3.38. The fraction of sp³-hybridized carbons (Fsp3) is 0.375. The Balaban J connectivity index is 2.27. The van der Waals surface area contributed by atoms with Crippen LogP contribution in [0.4, 0.5) is 0 Å². The number of hydrogen-bond acceptors (Lipinski definition) is 4. The maximum Gasteiger partial charge on any atom is 0.314 e. The molecule has 0 aromatic carbocycles. The SMILES string of the molecule is Cc1ncn(Cc2nc(=S)o[nH]2)c1C. The molecular weight excluding hydrogens is 200 g/mol. The lowest BCUT2D eigenvalue weighted by molar-refractivity contribution is 0.396. The molecule has 74 valence electrons. The average molecular weight is 210 g/mol. The van der Waals surface area contributed by atoms with E-state index in [1.807, 2.05) is 18.4 Å². The summed E-state index contributed by atoms with van der Waals surface area (Å²) in [5.41, 5.74) is 2.14. The minimum absolute atomic E-state index is 0.231. The largest absolute Gasteiger partial charge is 0.348 e. The molecule has 6 heteroatoms. The van der Waals surface area contributed by atoms with E-state index in [1.165, 1.54) is 0 Å². The summed E-state index contributed by atoms with van der Waals surface area (Å²) in [7, 11) is 0. The maximum atomic E-state index is 4.83. The van der Waals surface area contributed by atoms with E-state index < -0.39 is 0 Å². The van der Waals surface area contributed by atoms with Crippen molar-refractivity contribution in [2.75, 3.05) is 0 Å². The minimum Gasteiger partial charge on any atom is -0.348 e. The predicted molar refractivity (Wildman–Crippen MR) is 52.5 cm³/mol. The maximum absolute atomic E-state index is 4.83. The van der Waals surface area contributed by atoms with E-state index in [2.05, 4.69) is 15.1 Å². The van der Waals surface area contributed by atoms with Gasteiger partial charge < -0.3 is 9.09 Å². The Morgan fingerprint density at radius 3 is 2.86 bits per heavy atom. The molecule has 0 spiro atoms. The van der Waals surface area contributed by atoms with Crippen LogP contribution in [0.5, 0.6) is 0 Å². The summed E-state index contributed by atoms with van der Waals surface area (Å²) in [6.07, 6.45) is 1.77. The van der Waals surface area contributed by atoms with Crippen molar-refractivity contribution in [1.82, 2.24) is 19.7 Å². The van der Waals surface area contributed by atoms with Gasteiger partial charge in [0.15, 0.2) is 5.82 Å². The summed E-state index contributed by atoms with van der Waals surface area (Å²) < 4.78 is 6.81. The van der Waals surface area contributed by atoms with Gasteiger partial charge in [-0.3, -0.25) is 0 Å². The quantitative estimate of drug-likeness (QED) is 0.765. The number of nitrogens with one attached hydrogen (secondary N) is 1. The van der Waals surface area contributed by atoms with Crippen LogP contribution < -0.4 is 0 Å². The third-order valence-corrected chi connectivity index (χ3v) is 2.32. The first-order chi connectivity index (χ1) is 6.66. The molecule has 2 heterocycles. The molecule has 0 saturated carbocycles. The van der Waals surface area contributed by atoms with Crippen molar-refractivity contribution < 1.29 is 4.52 Å².